The van der Waals surface area contributed by atoms with Crippen LogP contribution in [-0.2, 0) is 5.41 Å². The van der Waals surface area contributed by atoms with Crippen LogP contribution in [0.5, 0.6) is 5.75 Å². The predicted octanol–water partition coefficient (Wildman–Crippen LogP) is 4.84. The number of carbonyl (C=O) groups is 1. The molecule has 0 aliphatic carbocycles. The van der Waals surface area contributed by atoms with Crippen LogP contribution in [0.1, 0.15) is 26.3 Å². The molecule has 0 aromatic heterocycles. The molecule has 0 bridgehead atoms. The second-order valence-electron chi connectivity index (χ2n) is 6.46. The third-order valence-electron chi connectivity index (χ3n) is 3.47. The Balaban J connectivity index is 1.83. The first-order valence-electron chi connectivity index (χ1n) is 7.89. The molecule has 0 heterocycles. The monoisotopic (exact) mass is 346 g/mol. The summed E-state index contributed by atoms with van der Waals surface area (Å²) >= 11 is 6.01. The van der Waals surface area contributed by atoms with Crippen LogP contribution in [0.15, 0.2) is 48.5 Å². The highest BCUT2D eigenvalue weighted by Gasteiger charge is 2.18. The van der Waals surface area contributed by atoms with Crippen molar-refractivity contribution in [2.75, 3.05) is 18.5 Å². The highest BCUT2D eigenvalue weighted by molar-refractivity contribution is 6.32. The van der Waals surface area contributed by atoms with Gasteiger partial charge in [-0.3, -0.25) is 0 Å². The van der Waals surface area contributed by atoms with E-state index in [-0.39, 0.29) is 11.4 Å². The lowest BCUT2D eigenvalue weighted by Crippen LogP contribution is -2.33. The Hall–Kier alpha value is -2.20. The van der Waals surface area contributed by atoms with Gasteiger partial charge in [-0.25, -0.2) is 4.79 Å². The Morgan fingerprint density at radius 1 is 1.08 bits per heavy atom. The Morgan fingerprint density at radius 3 is 2.46 bits per heavy atom. The van der Waals surface area contributed by atoms with Gasteiger partial charge >= 0.3 is 6.03 Å². The summed E-state index contributed by atoms with van der Waals surface area (Å²) in [6.07, 6.45) is 0. The van der Waals surface area contributed by atoms with Gasteiger partial charge in [0.05, 0.1) is 11.6 Å². The smallest absolute Gasteiger partial charge is 0.319 e. The van der Waals surface area contributed by atoms with Crippen LogP contribution in [0.4, 0.5) is 10.5 Å². The number of halogens is 1. The molecular formula is C19H23ClN2O2. The van der Waals surface area contributed by atoms with Crippen molar-refractivity contribution >= 4 is 23.3 Å². The highest BCUT2D eigenvalue weighted by Crippen LogP contribution is 2.29. The first-order valence-corrected chi connectivity index (χ1v) is 8.27. The molecule has 24 heavy (non-hydrogen) atoms. The first kappa shape index (κ1) is 18.1. The van der Waals surface area contributed by atoms with Gasteiger partial charge < -0.3 is 15.4 Å². The third kappa shape index (κ3) is 5.17. The summed E-state index contributed by atoms with van der Waals surface area (Å²) in [6.45, 7) is 7.07. The van der Waals surface area contributed by atoms with E-state index in [0.29, 0.717) is 23.9 Å². The van der Waals surface area contributed by atoms with Crippen molar-refractivity contribution in [1.29, 1.82) is 0 Å². The van der Waals surface area contributed by atoms with E-state index in [1.54, 1.807) is 12.1 Å². The summed E-state index contributed by atoms with van der Waals surface area (Å²) in [6, 6.07) is 14.8. The molecule has 2 amide bonds. The largest absolute Gasteiger partial charge is 0.490 e. The summed E-state index contributed by atoms with van der Waals surface area (Å²) in [5.41, 5.74) is 1.86. The Morgan fingerprint density at radius 2 is 1.75 bits per heavy atom. The van der Waals surface area contributed by atoms with Gasteiger partial charge in [0.15, 0.2) is 0 Å². The number of carbonyl (C=O) groups excluding carboxylic acids is 1. The predicted molar refractivity (Wildman–Crippen MR) is 99.1 cm³/mol. The molecule has 0 atom stereocenters. The number of anilines is 1. The number of hydrogen-bond donors (Lipinski definition) is 2. The minimum absolute atomic E-state index is 0.0446. The molecule has 2 rings (SSSR count). The number of nitrogens with one attached hydrogen (secondary N) is 2. The number of ether oxygens (including phenoxy) is 1. The van der Waals surface area contributed by atoms with Gasteiger partial charge in [0.2, 0.25) is 0 Å². The molecular weight excluding hydrogens is 324 g/mol. The summed E-state index contributed by atoms with van der Waals surface area (Å²) in [7, 11) is 0. The number of rotatable bonds is 5. The van der Waals surface area contributed by atoms with E-state index in [0.717, 1.165) is 11.3 Å². The van der Waals surface area contributed by atoms with Gasteiger partial charge in [-0.05, 0) is 29.2 Å². The van der Waals surface area contributed by atoms with E-state index in [1.165, 1.54) is 0 Å². The Kier molecular flexibility index (Phi) is 6.10. The van der Waals surface area contributed by atoms with Crippen LogP contribution in [0, 0.1) is 0 Å². The molecule has 2 aromatic rings. The second-order valence-corrected chi connectivity index (χ2v) is 6.86. The molecule has 0 fully saturated rings. The molecule has 0 saturated heterocycles. The van der Waals surface area contributed by atoms with Gasteiger partial charge in [-0.2, -0.15) is 0 Å². The lowest BCUT2D eigenvalue weighted by atomic mass is 9.86. The first-order chi connectivity index (χ1) is 11.4. The molecule has 4 nitrogen and oxygen atoms in total. The SMILES string of the molecule is CC(C)(C)c1ccccc1NC(=O)NCCOc1ccccc1Cl. The summed E-state index contributed by atoms with van der Waals surface area (Å²) in [5.74, 6) is 0.611. The maximum absolute atomic E-state index is 12.1. The van der Waals surface area contributed by atoms with Crippen LogP contribution in [0.25, 0.3) is 0 Å². The van der Waals surface area contributed by atoms with Crippen molar-refractivity contribution in [3.8, 4) is 5.75 Å². The fraction of sp³-hybridized carbons (Fsp3) is 0.316. The molecule has 0 unspecified atom stereocenters. The average Bonchev–Trinajstić information content (AvgIpc) is 2.52. The molecule has 0 aliphatic rings. The van der Waals surface area contributed by atoms with Crippen molar-refractivity contribution in [3.05, 3.63) is 59.1 Å². The zero-order chi connectivity index (χ0) is 17.6. The molecule has 0 aliphatic heterocycles. The van der Waals surface area contributed by atoms with E-state index in [1.807, 2.05) is 36.4 Å². The molecule has 2 aromatic carbocycles. The second kappa shape index (κ2) is 8.06. The van der Waals surface area contributed by atoms with E-state index in [9.17, 15) is 4.79 Å². The lowest BCUT2D eigenvalue weighted by Gasteiger charge is -2.23. The van der Waals surface area contributed by atoms with Crippen LogP contribution < -0.4 is 15.4 Å². The van der Waals surface area contributed by atoms with Crippen molar-refractivity contribution in [3.63, 3.8) is 0 Å². The number of urea groups is 1. The average molecular weight is 347 g/mol. The maximum atomic E-state index is 12.1. The van der Waals surface area contributed by atoms with Crippen molar-refractivity contribution in [2.24, 2.45) is 0 Å². The normalized spacial score (nSPS) is 11.0. The minimum Gasteiger partial charge on any atom is -0.490 e. The van der Waals surface area contributed by atoms with Gasteiger partial charge in [0.1, 0.15) is 12.4 Å². The number of benzene rings is 2. The van der Waals surface area contributed by atoms with E-state index < -0.39 is 0 Å². The number of amides is 2. The van der Waals surface area contributed by atoms with Crippen LogP contribution in [0.3, 0.4) is 0 Å². The molecule has 0 saturated carbocycles. The van der Waals surface area contributed by atoms with Crippen molar-refractivity contribution in [2.45, 2.75) is 26.2 Å². The third-order valence-corrected chi connectivity index (χ3v) is 3.78. The fourth-order valence-electron chi connectivity index (χ4n) is 2.30. The van der Waals surface area contributed by atoms with Crippen molar-refractivity contribution < 1.29 is 9.53 Å². The van der Waals surface area contributed by atoms with E-state index >= 15 is 0 Å². The molecule has 0 spiro atoms. The van der Waals surface area contributed by atoms with Crippen LogP contribution in [0.2, 0.25) is 5.02 Å². The molecule has 5 heteroatoms. The maximum Gasteiger partial charge on any atom is 0.319 e. The van der Waals surface area contributed by atoms with Gasteiger partial charge in [0, 0.05) is 5.69 Å². The zero-order valence-electron chi connectivity index (χ0n) is 14.2. The number of para-hydroxylation sites is 2. The Labute approximate surface area is 148 Å². The van der Waals surface area contributed by atoms with Gasteiger partial charge in [-0.15, -0.1) is 0 Å². The topological polar surface area (TPSA) is 50.4 Å². The van der Waals surface area contributed by atoms with E-state index in [2.05, 4.69) is 31.4 Å². The standard InChI is InChI=1S/C19H23ClN2O2/c1-19(2,3)14-8-4-6-10-16(14)22-18(23)21-12-13-24-17-11-7-5-9-15(17)20/h4-11H,12-13H2,1-3H3,(H2,21,22,23). The zero-order valence-corrected chi connectivity index (χ0v) is 15.0. The minimum atomic E-state index is -0.255. The van der Waals surface area contributed by atoms with Crippen LogP contribution in [-0.4, -0.2) is 19.2 Å². The quantitative estimate of drug-likeness (QED) is 0.761. The summed E-state index contributed by atoms with van der Waals surface area (Å²) in [5, 5.41) is 6.23. The Bertz CT molecular complexity index is 696. The molecule has 0 radical (unpaired) electrons. The molecule has 2 N–H and O–H groups in total. The highest BCUT2D eigenvalue weighted by atomic mass is 35.5. The summed E-state index contributed by atoms with van der Waals surface area (Å²) in [4.78, 5) is 12.1. The summed E-state index contributed by atoms with van der Waals surface area (Å²) < 4.78 is 5.54. The molecule has 128 valence electrons. The van der Waals surface area contributed by atoms with Crippen LogP contribution >= 0.6 is 11.6 Å². The fourth-order valence-corrected chi connectivity index (χ4v) is 2.49. The van der Waals surface area contributed by atoms with Gasteiger partial charge in [-0.1, -0.05) is 62.7 Å². The van der Waals surface area contributed by atoms with Crippen molar-refractivity contribution in [1.82, 2.24) is 5.32 Å². The van der Waals surface area contributed by atoms with Gasteiger partial charge in [0.25, 0.3) is 0 Å². The number of hydrogen-bond acceptors (Lipinski definition) is 2. The lowest BCUT2D eigenvalue weighted by molar-refractivity contribution is 0.247. The van der Waals surface area contributed by atoms with E-state index in [4.69, 9.17) is 16.3 Å².